The van der Waals surface area contributed by atoms with E-state index >= 15 is 4.79 Å². The highest BCUT2D eigenvalue weighted by molar-refractivity contribution is 7.15. The molecule has 418 valence electrons. The maximum atomic E-state index is 15.2. The number of ether oxygens (including phenoxy) is 1. The number of rotatable bonds is 9. The van der Waals surface area contributed by atoms with Gasteiger partial charge >= 0.3 is 5.97 Å². The van der Waals surface area contributed by atoms with E-state index < -0.39 is 84.2 Å². The first-order valence-electron chi connectivity index (χ1n) is 25.1. The predicted molar refractivity (Wildman–Crippen MR) is 308 cm³/mol. The number of methoxy groups -OCH3 is 1. The van der Waals surface area contributed by atoms with Crippen LogP contribution in [0.2, 0.25) is 0 Å². The maximum Gasteiger partial charge on any atom is 0.355 e. The van der Waals surface area contributed by atoms with Crippen molar-refractivity contribution < 1.29 is 48.8 Å². The lowest BCUT2D eigenvalue weighted by Gasteiger charge is -2.29. The lowest BCUT2D eigenvalue weighted by Crippen LogP contribution is -2.50. The Morgan fingerprint density at radius 1 is 0.695 bits per heavy atom. The van der Waals surface area contributed by atoms with E-state index in [0.29, 0.717) is 70.1 Å². The average molecular weight is 1220 g/mol. The largest absolute Gasteiger partial charge is 0.497 e. The molecule has 2 aromatic carbocycles. The molecule has 0 radical (unpaired) electrons. The Balaban J connectivity index is 1.02. The number of aliphatic hydroxyl groups excluding tert-OH is 2. The van der Waals surface area contributed by atoms with Gasteiger partial charge in [0, 0.05) is 56.2 Å². The van der Waals surface area contributed by atoms with Gasteiger partial charge in [-0.05, 0) is 42.3 Å². The number of thiazole rings is 6. The number of aliphatic hydroxyl groups is 2. The predicted octanol–water partition coefficient (Wildman–Crippen LogP) is 7.29. The molecular weight excluding hydrogens is 1170 g/mol. The lowest BCUT2D eigenvalue weighted by molar-refractivity contribution is -0.134. The fourth-order valence-corrected chi connectivity index (χ4v) is 14.7. The van der Waals surface area contributed by atoms with Gasteiger partial charge in [0.2, 0.25) is 11.8 Å². The number of primary amides is 1. The normalized spacial score (nSPS) is 19.8. The van der Waals surface area contributed by atoms with Crippen molar-refractivity contribution in [2.75, 3.05) is 13.7 Å². The number of aromatic nitrogens is 7. The molecule has 82 heavy (non-hydrogen) atoms. The van der Waals surface area contributed by atoms with Crippen LogP contribution in [0.3, 0.4) is 0 Å². The summed E-state index contributed by atoms with van der Waals surface area (Å²) in [5.74, 6) is -4.54. The number of nitrogens with two attached hydrogens (primary N) is 1. The van der Waals surface area contributed by atoms with E-state index in [-0.39, 0.29) is 45.8 Å². The fourth-order valence-electron chi connectivity index (χ4n) is 9.42. The van der Waals surface area contributed by atoms with Crippen LogP contribution in [0.1, 0.15) is 111 Å². The van der Waals surface area contributed by atoms with Crippen molar-refractivity contribution in [2.45, 2.75) is 63.1 Å². The minimum absolute atomic E-state index is 0.0252. The van der Waals surface area contributed by atoms with Gasteiger partial charge in [-0.3, -0.25) is 24.0 Å². The zero-order valence-corrected chi connectivity index (χ0v) is 48.1. The van der Waals surface area contributed by atoms with Crippen molar-refractivity contribution >= 4 is 104 Å². The van der Waals surface area contributed by atoms with E-state index in [1.165, 1.54) is 50.8 Å². The molecule has 0 unspecified atom stereocenters. The van der Waals surface area contributed by atoms with E-state index in [1.54, 1.807) is 84.4 Å². The SMILES string of the molecule is COc1ccc(C[C@@H]2NC(=O)c3csc(n3)[C@H]([C@H](O)c3ccccc3)NC(=O)c3nc(sc3C)[C@H](CC(N)=O)NC(=O)c3csc(n3)-c3ccc(-c4nc(C(=O)O)cs4)nc3-c3csc(n3)-c3csc(n3)[C@@H]3[C@@H](C)[C@H](O)CN3C2=O)cc1. The number of nitrogens with one attached hydrogen (secondary N) is 3. The van der Waals surface area contributed by atoms with Crippen molar-refractivity contribution in [1.82, 2.24) is 55.7 Å². The first kappa shape index (κ1) is 55.8. The molecule has 7 aromatic heterocycles. The highest BCUT2D eigenvalue weighted by Gasteiger charge is 2.45. The molecule has 7 atom stereocenters. The summed E-state index contributed by atoms with van der Waals surface area (Å²) in [5, 5.41) is 51.7. The van der Waals surface area contributed by atoms with Gasteiger partial charge in [-0.2, -0.15) is 0 Å². The smallest absolute Gasteiger partial charge is 0.355 e. The van der Waals surface area contributed by atoms with Gasteiger partial charge in [0.25, 0.3) is 17.7 Å². The molecule has 5 amide bonds. The second-order valence-electron chi connectivity index (χ2n) is 19.1. The highest BCUT2D eigenvalue weighted by Crippen LogP contribution is 2.43. The zero-order valence-electron chi connectivity index (χ0n) is 43.2. The molecule has 0 spiro atoms. The molecule has 2 aliphatic rings. The molecule has 28 heteroatoms. The third kappa shape index (κ3) is 11.4. The summed E-state index contributed by atoms with van der Waals surface area (Å²) >= 11 is 6.82. The Hall–Kier alpha value is -8.09. The van der Waals surface area contributed by atoms with Crippen LogP contribution in [0, 0.1) is 12.8 Å². The van der Waals surface area contributed by atoms with Gasteiger partial charge in [0.05, 0.1) is 37.4 Å². The minimum Gasteiger partial charge on any atom is -0.497 e. The Bertz CT molecular complexity index is 3910. The number of carboxylic acid groups (broad SMARTS) is 1. The number of carboxylic acids is 1. The minimum atomic E-state index is -1.40. The number of aromatic carboxylic acids is 1. The fraction of sp³-hybridized carbons (Fsp3) is 0.241. The standard InChI is InChI=1S/C54H46N12O10S6/c1-23-37(67)17-66-42(23)52-62-35(21-81-52)49-59-32(18-78-49)40-28(13-14-29(56-40)48-63-36(22-79-48)54(74)75)47-60-33(19-77-47)44(70)57-30(16-38(55)68)50-65-39(24(2)82-50)46(72)64-41(43(69)26-7-5-4-6-8-26)51-61-34(20-80-51)45(71)58-31(53(66)73)15-25-9-11-27(76-3)12-10-25/h4-14,18-23,30-31,37,41-43,67,69H,15-17H2,1-3H3,(H2,55,68)(H,57,70)(H,58,71)(H,64,72)(H,74,75)/t23-,30-,31-,37+,41-,42-,43+/m0/s1. The van der Waals surface area contributed by atoms with Crippen LogP contribution in [0.25, 0.3) is 43.4 Å². The van der Waals surface area contributed by atoms with E-state index in [0.717, 1.165) is 45.3 Å². The number of pyridine rings is 1. The molecule has 1 fully saturated rings. The number of carbonyl (C=O) groups is 6. The first-order valence-corrected chi connectivity index (χ1v) is 30.3. The molecule has 9 heterocycles. The monoisotopic (exact) mass is 1210 g/mol. The van der Waals surface area contributed by atoms with Crippen molar-refractivity contribution in [3.05, 3.63) is 147 Å². The molecule has 9 aromatic rings. The Labute approximate surface area is 489 Å². The van der Waals surface area contributed by atoms with Crippen LogP contribution in [-0.2, 0) is 16.0 Å². The Kier molecular flexibility index (Phi) is 15.9. The first-order chi connectivity index (χ1) is 39.5. The Morgan fingerprint density at radius 2 is 1.34 bits per heavy atom. The number of nitrogens with zero attached hydrogens (tertiary/aromatic N) is 8. The van der Waals surface area contributed by atoms with Crippen molar-refractivity contribution in [1.29, 1.82) is 0 Å². The summed E-state index contributed by atoms with van der Waals surface area (Å²) in [5.41, 5.74) is 8.46. The topological polar surface area (TPSA) is 328 Å². The average Bonchev–Trinajstić information content (AvgIpc) is 4.44. The third-order valence-electron chi connectivity index (χ3n) is 13.7. The van der Waals surface area contributed by atoms with Crippen LogP contribution in [0.5, 0.6) is 5.75 Å². The molecular formula is C54H46N12O10S6. The number of hydrogen-bond donors (Lipinski definition) is 7. The quantitative estimate of drug-likeness (QED) is 0.0746. The summed E-state index contributed by atoms with van der Waals surface area (Å²) in [4.78, 5) is 118. The molecule has 10 bridgehead atoms. The second-order valence-corrected chi connectivity index (χ2v) is 24.6. The van der Waals surface area contributed by atoms with Crippen LogP contribution in [0.15, 0.2) is 93.6 Å². The molecule has 8 N–H and O–H groups in total. The van der Waals surface area contributed by atoms with Crippen LogP contribution >= 0.6 is 68.0 Å². The van der Waals surface area contributed by atoms with Crippen LogP contribution in [-0.4, -0.2) is 116 Å². The molecule has 0 aliphatic carbocycles. The van der Waals surface area contributed by atoms with Gasteiger partial charge in [0.1, 0.15) is 88.1 Å². The summed E-state index contributed by atoms with van der Waals surface area (Å²) < 4.78 is 5.38. The maximum absolute atomic E-state index is 15.2. The van der Waals surface area contributed by atoms with E-state index in [4.69, 9.17) is 30.4 Å². The van der Waals surface area contributed by atoms with Gasteiger partial charge in [-0.25, -0.2) is 39.7 Å². The molecule has 11 rings (SSSR count). The van der Waals surface area contributed by atoms with Crippen LogP contribution in [0.4, 0.5) is 0 Å². The van der Waals surface area contributed by atoms with Gasteiger partial charge < -0.3 is 46.6 Å². The number of amides is 5. The van der Waals surface area contributed by atoms with Gasteiger partial charge in [-0.15, -0.1) is 68.0 Å². The summed E-state index contributed by atoms with van der Waals surface area (Å²) in [6.07, 6.45) is -2.73. The third-order valence-corrected chi connectivity index (χ3v) is 19.2. The lowest BCUT2D eigenvalue weighted by atomic mass is 10.00. The second kappa shape index (κ2) is 23.4. The van der Waals surface area contributed by atoms with Gasteiger partial charge in [0.15, 0.2) is 5.69 Å². The summed E-state index contributed by atoms with van der Waals surface area (Å²) in [7, 11) is 1.53. The highest BCUT2D eigenvalue weighted by atomic mass is 32.1. The Morgan fingerprint density at radius 3 is 2.07 bits per heavy atom. The van der Waals surface area contributed by atoms with Crippen molar-refractivity contribution in [3.63, 3.8) is 0 Å². The summed E-state index contributed by atoms with van der Waals surface area (Å²) in [6, 6.07) is 14.7. The molecule has 22 nitrogen and oxygen atoms in total. The number of carbonyl (C=O) groups excluding carboxylic acids is 5. The molecule has 0 saturated carbocycles. The molecule has 2 aliphatic heterocycles. The van der Waals surface area contributed by atoms with Crippen LogP contribution < -0.4 is 26.4 Å². The van der Waals surface area contributed by atoms with E-state index in [2.05, 4.69) is 30.9 Å². The van der Waals surface area contributed by atoms with Crippen molar-refractivity contribution in [2.24, 2.45) is 11.7 Å². The van der Waals surface area contributed by atoms with Gasteiger partial charge in [-0.1, -0.05) is 49.4 Å². The van der Waals surface area contributed by atoms with E-state index in [9.17, 15) is 39.3 Å². The number of hydrogen-bond acceptors (Lipinski definition) is 22. The molecule has 1 saturated heterocycles. The summed E-state index contributed by atoms with van der Waals surface area (Å²) in [6.45, 7) is 3.39. The number of aryl methyl sites for hydroxylation is 1. The van der Waals surface area contributed by atoms with E-state index in [1.807, 2.05) is 6.92 Å². The van der Waals surface area contributed by atoms with Crippen molar-refractivity contribution in [3.8, 4) is 49.1 Å². The zero-order chi connectivity index (χ0) is 57.5. The number of fused-ring (bicyclic) bond motifs is 16. The number of benzene rings is 2.